The number of hydrogen-bond donors (Lipinski definition) is 1. The van der Waals surface area contributed by atoms with E-state index in [0.717, 1.165) is 18.5 Å². The number of aliphatic hydroxyl groups is 1. The summed E-state index contributed by atoms with van der Waals surface area (Å²) in [5, 5.41) is 9.57. The van der Waals surface area contributed by atoms with Gasteiger partial charge in [-0.1, -0.05) is 25.1 Å². The Morgan fingerprint density at radius 1 is 1.35 bits per heavy atom. The zero-order valence-electron chi connectivity index (χ0n) is 15.1. The number of hydrogen-bond acceptors (Lipinski definition) is 6. The first-order valence-corrected chi connectivity index (χ1v) is 8.89. The number of benzene rings is 1. The van der Waals surface area contributed by atoms with Crippen LogP contribution in [0.1, 0.15) is 35.7 Å². The number of carbonyl (C=O) groups is 3. The molecule has 0 bridgehead atoms. The van der Waals surface area contributed by atoms with Crippen molar-refractivity contribution in [2.24, 2.45) is 5.92 Å². The summed E-state index contributed by atoms with van der Waals surface area (Å²) < 4.78 is 5.12. The molecule has 7 heteroatoms. The van der Waals surface area contributed by atoms with E-state index in [1.165, 1.54) is 4.90 Å². The summed E-state index contributed by atoms with van der Waals surface area (Å²) >= 11 is 0. The van der Waals surface area contributed by atoms with E-state index < -0.39 is 29.9 Å². The fraction of sp³-hybridized carbons (Fsp3) is 0.526. The highest BCUT2D eigenvalue weighted by Crippen LogP contribution is 2.28. The number of esters is 2. The molecule has 0 saturated carbocycles. The van der Waals surface area contributed by atoms with Crippen LogP contribution in [-0.4, -0.2) is 65.0 Å². The number of fused-ring (bicyclic) bond motifs is 1. The van der Waals surface area contributed by atoms with Crippen LogP contribution in [0.25, 0.3) is 0 Å². The molecule has 2 heterocycles. The van der Waals surface area contributed by atoms with Crippen LogP contribution in [0.2, 0.25) is 0 Å². The molecule has 26 heavy (non-hydrogen) atoms. The second kappa shape index (κ2) is 7.55. The van der Waals surface area contributed by atoms with Gasteiger partial charge in [0.15, 0.2) is 0 Å². The highest BCUT2D eigenvalue weighted by molar-refractivity contribution is 6.01. The number of nitrogens with zero attached hydrogens (tertiary/aromatic N) is 2. The fourth-order valence-electron chi connectivity index (χ4n) is 3.70. The normalized spacial score (nSPS) is 22.2. The van der Waals surface area contributed by atoms with Crippen molar-refractivity contribution in [2.45, 2.75) is 38.4 Å². The summed E-state index contributed by atoms with van der Waals surface area (Å²) in [6.45, 7) is 2.41. The van der Waals surface area contributed by atoms with Crippen molar-refractivity contribution in [3.8, 4) is 0 Å². The molecule has 3 rings (SSSR count). The predicted octanol–water partition coefficient (Wildman–Crippen LogP) is 0.803. The highest BCUT2D eigenvalue weighted by Gasteiger charge is 2.42. The quantitative estimate of drug-likeness (QED) is 0.617. The minimum Gasteiger partial charge on any atom is -0.396 e. The van der Waals surface area contributed by atoms with Gasteiger partial charge in [-0.25, -0.2) is 9.59 Å². The Kier molecular flexibility index (Phi) is 5.38. The average Bonchev–Trinajstić information content (AvgIpc) is 3.19. The van der Waals surface area contributed by atoms with E-state index in [2.05, 4.69) is 0 Å². The van der Waals surface area contributed by atoms with Crippen molar-refractivity contribution in [3.05, 3.63) is 35.4 Å². The van der Waals surface area contributed by atoms with Gasteiger partial charge in [-0.05, 0) is 38.1 Å². The number of likely N-dealkylation sites (N-methyl/N-ethyl adjacent to an activating group) is 1. The predicted molar refractivity (Wildman–Crippen MR) is 93.1 cm³/mol. The second-order valence-corrected chi connectivity index (χ2v) is 7.07. The summed E-state index contributed by atoms with van der Waals surface area (Å²) in [5.74, 6) is -2.20. The van der Waals surface area contributed by atoms with E-state index >= 15 is 0 Å². The monoisotopic (exact) mass is 360 g/mol. The van der Waals surface area contributed by atoms with Gasteiger partial charge >= 0.3 is 11.9 Å². The summed E-state index contributed by atoms with van der Waals surface area (Å²) in [6, 6.07) is 5.70. The molecular formula is C19H24N2O5. The third kappa shape index (κ3) is 3.37. The van der Waals surface area contributed by atoms with Crippen LogP contribution in [0.15, 0.2) is 24.3 Å². The van der Waals surface area contributed by atoms with Crippen LogP contribution < -0.4 is 0 Å². The van der Waals surface area contributed by atoms with Gasteiger partial charge in [-0.2, -0.15) is 0 Å². The maximum atomic E-state index is 12.7. The molecule has 0 radical (unpaired) electrons. The third-order valence-electron chi connectivity index (χ3n) is 5.25. The van der Waals surface area contributed by atoms with Crippen molar-refractivity contribution in [2.75, 3.05) is 20.2 Å². The number of amides is 1. The molecule has 140 valence electrons. The summed E-state index contributed by atoms with van der Waals surface area (Å²) in [5.41, 5.74) is 1.36. The Hall–Kier alpha value is -2.25. The third-order valence-corrected chi connectivity index (χ3v) is 5.25. The fourth-order valence-corrected chi connectivity index (χ4v) is 3.70. The van der Waals surface area contributed by atoms with Crippen LogP contribution in [-0.2, 0) is 20.9 Å². The van der Waals surface area contributed by atoms with E-state index in [9.17, 15) is 19.5 Å². The molecule has 0 aromatic heterocycles. The van der Waals surface area contributed by atoms with Crippen molar-refractivity contribution in [3.63, 3.8) is 0 Å². The van der Waals surface area contributed by atoms with Crippen LogP contribution >= 0.6 is 0 Å². The molecule has 0 spiro atoms. The van der Waals surface area contributed by atoms with Gasteiger partial charge in [0.05, 0.1) is 0 Å². The highest BCUT2D eigenvalue weighted by atomic mass is 16.6. The standard InChI is InChI=1S/C19H24N2O5/c1-12(11-22)16(19(25)26-18(24)15-8-5-9-20(15)2)21-10-13-6-3-4-7-14(13)17(21)23/h3-4,6-7,12,15-16,22H,5,8-11H2,1-2H3/t12-,15+,16+/m0/s1. The molecule has 7 nitrogen and oxygen atoms in total. The van der Waals surface area contributed by atoms with E-state index in [1.54, 1.807) is 19.1 Å². The Morgan fingerprint density at radius 3 is 2.69 bits per heavy atom. The van der Waals surface area contributed by atoms with Gasteiger partial charge in [0, 0.05) is 24.6 Å². The van der Waals surface area contributed by atoms with E-state index in [4.69, 9.17) is 4.74 Å². The SMILES string of the molecule is C[C@@H](CO)[C@H](C(=O)OC(=O)[C@H]1CCCN1C)N1Cc2ccccc2C1=O. The van der Waals surface area contributed by atoms with Gasteiger partial charge in [-0.3, -0.25) is 9.69 Å². The number of likely N-dealkylation sites (tertiary alicyclic amines) is 1. The van der Waals surface area contributed by atoms with Gasteiger partial charge in [-0.15, -0.1) is 0 Å². The molecule has 1 aromatic carbocycles. The lowest BCUT2D eigenvalue weighted by atomic mass is 10.0. The first kappa shape index (κ1) is 18.5. The minimum absolute atomic E-state index is 0.261. The Balaban J connectivity index is 1.77. The lowest BCUT2D eigenvalue weighted by molar-refractivity contribution is -0.167. The molecule has 0 aliphatic carbocycles. The van der Waals surface area contributed by atoms with Gasteiger partial charge in [0.1, 0.15) is 12.1 Å². The Bertz CT molecular complexity index is 720. The first-order valence-electron chi connectivity index (χ1n) is 8.89. The molecule has 3 atom stereocenters. The molecule has 2 aliphatic rings. The second-order valence-electron chi connectivity index (χ2n) is 7.07. The Labute approximate surface area is 152 Å². The van der Waals surface area contributed by atoms with Gasteiger partial charge in [0.2, 0.25) is 0 Å². The van der Waals surface area contributed by atoms with Crippen molar-refractivity contribution in [1.29, 1.82) is 0 Å². The topological polar surface area (TPSA) is 87.2 Å². The van der Waals surface area contributed by atoms with E-state index in [1.807, 2.05) is 24.1 Å². The van der Waals surface area contributed by atoms with Crippen LogP contribution in [0.3, 0.4) is 0 Å². The number of ether oxygens (including phenoxy) is 1. The van der Waals surface area contributed by atoms with E-state index in [0.29, 0.717) is 12.0 Å². The van der Waals surface area contributed by atoms with Crippen LogP contribution in [0.5, 0.6) is 0 Å². The van der Waals surface area contributed by atoms with Gasteiger partial charge in [0.25, 0.3) is 5.91 Å². The van der Waals surface area contributed by atoms with Crippen LogP contribution in [0.4, 0.5) is 0 Å². The van der Waals surface area contributed by atoms with Gasteiger partial charge < -0.3 is 14.7 Å². The van der Waals surface area contributed by atoms with Crippen molar-refractivity contribution >= 4 is 17.8 Å². The molecule has 1 amide bonds. The number of rotatable bonds is 5. The van der Waals surface area contributed by atoms with Crippen molar-refractivity contribution < 1.29 is 24.2 Å². The summed E-state index contributed by atoms with van der Waals surface area (Å²) in [7, 11) is 1.82. The molecule has 2 aliphatic heterocycles. The molecule has 1 fully saturated rings. The first-order chi connectivity index (χ1) is 12.4. The number of aliphatic hydroxyl groups excluding tert-OH is 1. The zero-order valence-corrected chi connectivity index (χ0v) is 15.1. The molecule has 0 unspecified atom stereocenters. The lowest BCUT2D eigenvalue weighted by Gasteiger charge is -2.30. The smallest absolute Gasteiger partial charge is 0.336 e. The molecule has 1 aromatic rings. The summed E-state index contributed by atoms with van der Waals surface area (Å²) in [4.78, 5) is 41.0. The van der Waals surface area contributed by atoms with Crippen LogP contribution in [0, 0.1) is 5.92 Å². The van der Waals surface area contributed by atoms with Crippen molar-refractivity contribution in [1.82, 2.24) is 9.80 Å². The largest absolute Gasteiger partial charge is 0.396 e. The molecule has 1 N–H and O–H groups in total. The Morgan fingerprint density at radius 2 is 2.08 bits per heavy atom. The van der Waals surface area contributed by atoms with E-state index in [-0.39, 0.29) is 19.1 Å². The maximum absolute atomic E-state index is 12.7. The summed E-state index contributed by atoms with van der Waals surface area (Å²) in [6.07, 6.45) is 1.53. The maximum Gasteiger partial charge on any atom is 0.336 e. The zero-order chi connectivity index (χ0) is 18.8. The molecule has 1 saturated heterocycles. The minimum atomic E-state index is -1.00. The average molecular weight is 360 g/mol. The lowest BCUT2D eigenvalue weighted by Crippen LogP contribution is -2.49. The molecular weight excluding hydrogens is 336 g/mol. The number of carbonyl (C=O) groups excluding carboxylic acids is 3.